The summed E-state index contributed by atoms with van der Waals surface area (Å²) in [5, 5.41) is 23.1. The highest BCUT2D eigenvalue weighted by atomic mass is 35.5. The van der Waals surface area contributed by atoms with Crippen LogP contribution in [0.1, 0.15) is 41.0 Å². The number of halogens is 1. The molecule has 2 amide bonds. The largest absolute Gasteiger partial charge is 0.478 e. The summed E-state index contributed by atoms with van der Waals surface area (Å²) in [6.07, 6.45) is 0.437. The van der Waals surface area contributed by atoms with E-state index in [4.69, 9.17) is 22.0 Å². The van der Waals surface area contributed by atoms with Crippen LogP contribution in [0.4, 0.5) is 0 Å². The number of carboxylic acids is 1. The van der Waals surface area contributed by atoms with Crippen molar-refractivity contribution in [1.82, 2.24) is 10.6 Å². The standard InChI is InChI=1S/C22H22ClN3O4/c1-13(2)11-19(21(28)25-10-9-24)26-20(27)15-5-3-14(4-6-15)17-8-7-16(22(29)30)12-18(17)23/h3-8,12-13,19H,10-11H2,1-2H3,(H,25,28)(H,26,27)(H,29,30). The molecule has 7 nitrogen and oxygen atoms in total. The van der Waals surface area contributed by atoms with Gasteiger partial charge in [0, 0.05) is 16.1 Å². The van der Waals surface area contributed by atoms with Crippen LogP contribution in [0.5, 0.6) is 0 Å². The lowest BCUT2D eigenvalue weighted by molar-refractivity contribution is -0.123. The van der Waals surface area contributed by atoms with Crippen LogP contribution < -0.4 is 10.6 Å². The maximum absolute atomic E-state index is 12.6. The second-order valence-electron chi connectivity index (χ2n) is 7.11. The minimum atomic E-state index is -1.06. The van der Waals surface area contributed by atoms with E-state index in [9.17, 15) is 14.4 Å². The second-order valence-corrected chi connectivity index (χ2v) is 7.52. The first-order chi connectivity index (χ1) is 14.2. The van der Waals surface area contributed by atoms with Gasteiger partial charge in [-0.15, -0.1) is 0 Å². The van der Waals surface area contributed by atoms with Gasteiger partial charge in [-0.3, -0.25) is 9.59 Å². The molecule has 2 rings (SSSR count). The molecule has 8 heteroatoms. The number of carbonyl (C=O) groups excluding carboxylic acids is 2. The normalized spacial score (nSPS) is 11.4. The van der Waals surface area contributed by atoms with Gasteiger partial charge >= 0.3 is 5.97 Å². The van der Waals surface area contributed by atoms with Crippen molar-refractivity contribution in [3.8, 4) is 17.2 Å². The van der Waals surface area contributed by atoms with Gasteiger partial charge < -0.3 is 15.7 Å². The lowest BCUT2D eigenvalue weighted by atomic mass is 10.0. The van der Waals surface area contributed by atoms with E-state index < -0.39 is 23.8 Å². The molecule has 0 aliphatic carbocycles. The van der Waals surface area contributed by atoms with E-state index in [-0.39, 0.29) is 18.0 Å². The molecule has 0 radical (unpaired) electrons. The van der Waals surface area contributed by atoms with Crippen molar-refractivity contribution in [2.45, 2.75) is 26.3 Å². The molecule has 0 aliphatic heterocycles. The number of nitrogens with one attached hydrogen (secondary N) is 2. The van der Waals surface area contributed by atoms with Crippen molar-refractivity contribution in [2.75, 3.05) is 6.54 Å². The van der Waals surface area contributed by atoms with Crippen LogP contribution in [0.3, 0.4) is 0 Å². The minimum Gasteiger partial charge on any atom is -0.478 e. The Bertz CT molecular complexity index is 981. The number of nitriles is 1. The van der Waals surface area contributed by atoms with Crippen molar-refractivity contribution in [2.24, 2.45) is 5.92 Å². The maximum atomic E-state index is 12.6. The molecule has 1 atom stereocenters. The highest BCUT2D eigenvalue weighted by molar-refractivity contribution is 6.33. The molecule has 156 valence electrons. The summed E-state index contributed by atoms with van der Waals surface area (Å²) in [6.45, 7) is 3.75. The fourth-order valence-electron chi connectivity index (χ4n) is 2.88. The van der Waals surface area contributed by atoms with Crippen molar-refractivity contribution < 1.29 is 19.5 Å². The molecule has 0 fully saturated rings. The van der Waals surface area contributed by atoms with Crippen molar-refractivity contribution in [1.29, 1.82) is 5.26 Å². The van der Waals surface area contributed by atoms with E-state index >= 15 is 0 Å². The Morgan fingerprint density at radius 3 is 2.27 bits per heavy atom. The number of nitrogens with zero attached hydrogens (tertiary/aromatic N) is 1. The number of carbonyl (C=O) groups is 3. The molecule has 2 aromatic rings. The Kier molecular flexibility index (Phi) is 7.96. The Morgan fingerprint density at radius 1 is 1.10 bits per heavy atom. The summed E-state index contributed by atoms with van der Waals surface area (Å²) in [6, 6.07) is 12.1. The average molecular weight is 428 g/mol. The first kappa shape index (κ1) is 22.9. The van der Waals surface area contributed by atoms with Gasteiger partial charge in [-0.1, -0.05) is 43.6 Å². The van der Waals surface area contributed by atoms with Crippen LogP contribution in [0.25, 0.3) is 11.1 Å². The molecule has 1 unspecified atom stereocenters. The number of hydrogen-bond donors (Lipinski definition) is 3. The monoisotopic (exact) mass is 427 g/mol. The van der Waals surface area contributed by atoms with Crippen LogP contribution in [-0.2, 0) is 4.79 Å². The molecule has 0 spiro atoms. The lowest BCUT2D eigenvalue weighted by Crippen LogP contribution is -2.47. The van der Waals surface area contributed by atoms with Crippen molar-refractivity contribution in [3.05, 3.63) is 58.6 Å². The van der Waals surface area contributed by atoms with Gasteiger partial charge in [0.05, 0.1) is 11.6 Å². The number of carboxylic acid groups (broad SMARTS) is 1. The molecule has 0 aliphatic rings. The number of benzene rings is 2. The highest BCUT2D eigenvalue weighted by Crippen LogP contribution is 2.29. The Labute approximate surface area is 179 Å². The van der Waals surface area contributed by atoms with E-state index in [1.54, 1.807) is 30.3 Å². The molecule has 0 bridgehead atoms. The summed E-state index contributed by atoms with van der Waals surface area (Å²) >= 11 is 6.19. The fraction of sp³-hybridized carbons (Fsp3) is 0.273. The summed E-state index contributed by atoms with van der Waals surface area (Å²) in [5.41, 5.74) is 1.81. The molecule has 2 aromatic carbocycles. The highest BCUT2D eigenvalue weighted by Gasteiger charge is 2.22. The smallest absolute Gasteiger partial charge is 0.335 e. The predicted octanol–water partition coefficient (Wildman–Crippen LogP) is 3.49. The molecule has 0 saturated heterocycles. The van der Waals surface area contributed by atoms with Gasteiger partial charge in [-0.05, 0) is 42.2 Å². The third-order valence-corrected chi connectivity index (χ3v) is 4.66. The third kappa shape index (κ3) is 6.06. The number of amides is 2. The summed E-state index contributed by atoms with van der Waals surface area (Å²) < 4.78 is 0. The zero-order valence-corrected chi connectivity index (χ0v) is 17.4. The van der Waals surface area contributed by atoms with E-state index in [0.717, 1.165) is 5.56 Å². The van der Waals surface area contributed by atoms with Crippen LogP contribution in [-0.4, -0.2) is 35.5 Å². The molecule has 0 aromatic heterocycles. The molecule has 0 saturated carbocycles. The van der Waals surface area contributed by atoms with Gasteiger partial charge in [0.15, 0.2) is 0 Å². The fourth-order valence-corrected chi connectivity index (χ4v) is 3.17. The summed E-state index contributed by atoms with van der Waals surface area (Å²) in [7, 11) is 0. The summed E-state index contributed by atoms with van der Waals surface area (Å²) in [4.78, 5) is 35.9. The molecular weight excluding hydrogens is 406 g/mol. The quantitative estimate of drug-likeness (QED) is 0.557. The average Bonchev–Trinajstić information content (AvgIpc) is 2.71. The van der Waals surface area contributed by atoms with Crippen molar-refractivity contribution >= 4 is 29.4 Å². The van der Waals surface area contributed by atoms with Gasteiger partial charge in [0.1, 0.15) is 12.6 Å². The molecule has 0 heterocycles. The summed E-state index contributed by atoms with van der Waals surface area (Å²) in [5.74, 6) is -1.71. The van der Waals surface area contributed by atoms with E-state index in [2.05, 4.69) is 10.6 Å². The zero-order chi connectivity index (χ0) is 22.3. The van der Waals surface area contributed by atoms with Crippen LogP contribution in [0.2, 0.25) is 5.02 Å². The van der Waals surface area contributed by atoms with Gasteiger partial charge in [-0.2, -0.15) is 5.26 Å². The van der Waals surface area contributed by atoms with E-state index in [1.807, 2.05) is 19.9 Å². The van der Waals surface area contributed by atoms with Gasteiger partial charge in [0.2, 0.25) is 5.91 Å². The van der Waals surface area contributed by atoms with E-state index in [1.165, 1.54) is 12.1 Å². The first-order valence-corrected chi connectivity index (χ1v) is 9.69. The van der Waals surface area contributed by atoms with Gasteiger partial charge in [0.25, 0.3) is 5.91 Å². The van der Waals surface area contributed by atoms with E-state index in [0.29, 0.717) is 22.6 Å². The molecule has 3 N–H and O–H groups in total. The van der Waals surface area contributed by atoms with Crippen molar-refractivity contribution in [3.63, 3.8) is 0 Å². The lowest BCUT2D eigenvalue weighted by Gasteiger charge is -2.19. The molecular formula is C22H22ClN3O4. The number of rotatable bonds is 8. The molecule has 30 heavy (non-hydrogen) atoms. The topological polar surface area (TPSA) is 119 Å². The number of aromatic carboxylic acids is 1. The Balaban J connectivity index is 2.16. The van der Waals surface area contributed by atoms with Gasteiger partial charge in [-0.25, -0.2) is 4.79 Å². The third-order valence-electron chi connectivity index (χ3n) is 4.34. The van der Waals surface area contributed by atoms with Crippen LogP contribution in [0.15, 0.2) is 42.5 Å². The van der Waals surface area contributed by atoms with Crippen LogP contribution in [0, 0.1) is 17.2 Å². The predicted molar refractivity (Wildman–Crippen MR) is 113 cm³/mol. The number of hydrogen-bond acceptors (Lipinski definition) is 4. The Hall–Kier alpha value is -3.37. The SMILES string of the molecule is CC(C)CC(NC(=O)c1ccc(-c2ccc(C(=O)O)cc2Cl)cc1)C(=O)NCC#N. The Morgan fingerprint density at radius 2 is 1.73 bits per heavy atom. The first-order valence-electron chi connectivity index (χ1n) is 9.31. The minimum absolute atomic E-state index is 0.0885. The maximum Gasteiger partial charge on any atom is 0.335 e. The second kappa shape index (κ2) is 10.4. The van der Waals surface area contributed by atoms with Crippen LogP contribution >= 0.6 is 11.6 Å². The zero-order valence-electron chi connectivity index (χ0n) is 16.6.